The molecule has 3 aliphatic rings. The Morgan fingerprint density at radius 3 is 2.50 bits per heavy atom. The van der Waals surface area contributed by atoms with E-state index >= 15 is 0 Å². The Balaban J connectivity index is 1.67. The predicted molar refractivity (Wildman–Crippen MR) is 89.4 cm³/mol. The van der Waals surface area contributed by atoms with Gasteiger partial charge in [0.1, 0.15) is 0 Å². The van der Waals surface area contributed by atoms with Crippen LogP contribution in [-0.4, -0.2) is 99.3 Å². The van der Waals surface area contributed by atoms with Gasteiger partial charge in [0.15, 0.2) is 5.96 Å². The minimum Gasteiger partial charge on any atom is -0.379 e. The van der Waals surface area contributed by atoms with E-state index < -0.39 is 0 Å². The summed E-state index contributed by atoms with van der Waals surface area (Å²) in [5, 5.41) is 3.67. The number of guanidine groups is 1. The van der Waals surface area contributed by atoms with Crippen LogP contribution in [0.3, 0.4) is 0 Å². The first-order chi connectivity index (χ1) is 10.7. The molecule has 0 aromatic heterocycles. The molecule has 0 spiro atoms. The van der Waals surface area contributed by atoms with Gasteiger partial charge in [-0.2, -0.15) is 0 Å². The monoisotopic (exact) mass is 309 g/mol. The Labute approximate surface area is 134 Å². The first-order valence-corrected chi connectivity index (χ1v) is 8.70. The van der Waals surface area contributed by atoms with Gasteiger partial charge in [0.2, 0.25) is 0 Å². The summed E-state index contributed by atoms with van der Waals surface area (Å²) in [5.41, 5.74) is 0.261. The number of nitrogens with one attached hydrogen (secondary N) is 1. The zero-order chi connectivity index (χ0) is 15.4. The lowest BCUT2D eigenvalue weighted by molar-refractivity contribution is -0.0432. The molecular weight excluding hydrogens is 278 g/mol. The first kappa shape index (κ1) is 16.0. The Kier molecular flexibility index (Phi) is 5.21. The van der Waals surface area contributed by atoms with Crippen molar-refractivity contribution in [2.75, 3.05) is 73.1 Å². The van der Waals surface area contributed by atoms with Crippen LogP contribution in [0.25, 0.3) is 0 Å². The van der Waals surface area contributed by atoms with E-state index in [1.54, 1.807) is 0 Å². The number of rotatable bonds is 3. The molecule has 22 heavy (non-hydrogen) atoms. The van der Waals surface area contributed by atoms with Crippen LogP contribution in [-0.2, 0) is 4.74 Å². The van der Waals surface area contributed by atoms with Crippen molar-refractivity contribution >= 4 is 5.96 Å². The summed E-state index contributed by atoms with van der Waals surface area (Å²) in [6.07, 6.45) is 3.63. The van der Waals surface area contributed by atoms with Crippen LogP contribution >= 0.6 is 0 Å². The van der Waals surface area contributed by atoms with E-state index in [0.717, 1.165) is 51.9 Å². The summed E-state index contributed by atoms with van der Waals surface area (Å²) in [5.74, 6) is 1.08. The normalized spacial score (nSPS) is 27.5. The molecule has 0 aromatic carbocycles. The second-order valence-corrected chi connectivity index (χ2v) is 6.96. The van der Waals surface area contributed by atoms with Crippen LogP contribution in [0.4, 0.5) is 0 Å². The van der Waals surface area contributed by atoms with Crippen molar-refractivity contribution in [3.63, 3.8) is 0 Å². The maximum Gasteiger partial charge on any atom is 0.193 e. The van der Waals surface area contributed by atoms with E-state index in [0.29, 0.717) is 0 Å². The first-order valence-electron chi connectivity index (χ1n) is 8.70. The molecule has 0 aliphatic carbocycles. The van der Waals surface area contributed by atoms with Crippen molar-refractivity contribution in [2.45, 2.75) is 24.8 Å². The largest absolute Gasteiger partial charge is 0.379 e. The summed E-state index contributed by atoms with van der Waals surface area (Å²) in [6, 6.07) is 0. The van der Waals surface area contributed by atoms with Crippen LogP contribution in [0, 0.1) is 0 Å². The molecule has 2 fully saturated rings. The molecule has 126 valence electrons. The van der Waals surface area contributed by atoms with Crippen molar-refractivity contribution in [3.05, 3.63) is 0 Å². The molecular formula is C16H31N5O. The number of ether oxygens (including phenoxy) is 1. The molecule has 2 saturated heterocycles. The molecule has 0 amide bonds. The number of nitrogens with zero attached hydrogens (tertiary/aromatic N) is 4. The average Bonchev–Trinajstić information content (AvgIpc) is 2.57. The molecule has 0 atom stereocenters. The fourth-order valence-electron chi connectivity index (χ4n) is 3.83. The highest BCUT2D eigenvalue weighted by molar-refractivity contribution is 5.80. The summed E-state index contributed by atoms with van der Waals surface area (Å²) in [7, 11) is 4.37. The van der Waals surface area contributed by atoms with Gasteiger partial charge < -0.3 is 19.9 Å². The van der Waals surface area contributed by atoms with Gasteiger partial charge >= 0.3 is 0 Å². The van der Waals surface area contributed by atoms with E-state index in [9.17, 15) is 0 Å². The molecule has 3 heterocycles. The van der Waals surface area contributed by atoms with Crippen molar-refractivity contribution in [2.24, 2.45) is 4.99 Å². The minimum absolute atomic E-state index is 0.261. The SMILES string of the molecule is CN1CCC(CNC2=NCCCN2C)(N2CCOCC2)CC1. The van der Waals surface area contributed by atoms with Crippen LogP contribution in [0.2, 0.25) is 0 Å². The van der Waals surface area contributed by atoms with Gasteiger partial charge in [-0.15, -0.1) is 0 Å². The zero-order valence-corrected chi connectivity index (χ0v) is 14.2. The lowest BCUT2D eigenvalue weighted by atomic mass is 9.85. The molecule has 0 radical (unpaired) electrons. The van der Waals surface area contributed by atoms with E-state index in [2.05, 4.69) is 39.1 Å². The number of likely N-dealkylation sites (tertiary alicyclic amines) is 1. The number of morpholine rings is 1. The van der Waals surface area contributed by atoms with Crippen molar-refractivity contribution in [3.8, 4) is 0 Å². The topological polar surface area (TPSA) is 43.3 Å². The van der Waals surface area contributed by atoms with E-state index in [1.807, 2.05) is 0 Å². The van der Waals surface area contributed by atoms with E-state index in [1.165, 1.54) is 32.4 Å². The fraction of sp³-hybridized carbons (Fsp3) is 0.938. The average molecular weight is 309 g/mol. The third kappa shape index (κ3) is 3.55. The van der Waals surface area contributed by atoms with Crippen molar-refractivity contribution < 1.29 is 4.74 Å². The third-order valence-corrected chi connectivity index (χ3v) is 5.45. The number of hydrogen-bond donors (Lipinski definition) is 1. The van der Waals surface area contributed by atoms with Crippen LogP contribution in [0.5, 0.6) is 0 Å². The molecule has 1 N–H and O–H groups in total. The third-order valence-electron chi connectivity index (χ3n) is 5.45. The maximum atomic E-state index is 5.56. The Bertz CT molecular complexity index is 386. The molecule has 3 rings (SSSR count). The van der Waals surface area contributed by atoms with Gasteiger partial charge in [0, 0.05) is 45.3 Å². The standard InChI is InChI=1S/C16H31N5O/c1-19-8-4-16(5-9-19,21-10-12-22-13-11-21)14-18-15-17-6-3-7-20(15)2/h3-14H2,1-2H3,(H,17,18). The number of hydrogen-bond acceptors (Lipinski definition) is 6. The second-order valence-electron chi connectivity index (χ2n) is 6.96. The van der Waals surface area contributed by atoms with E-state index in [4.69, 9.17) is 4.74 Å². The zero-order valence-electron chi connectivity index (χ0n) is 14.2. The lowest BCUT2D eigenvalue weighted by Crippen LogP contribution is -2.63. The van der Waals surface area contributed by atoms with Gasteiger partial charge in [-0.1, -0.05) is 0 Å². The van der Waals surface area contributed by atoms with Gasteiger partial charge in [0.05, 0.1) is 13.2 Å². The molecule has 6 heteroatoms. The van der Waals surface area contributed by atoms with Crippen molar-refractivity contribution in [1.82, 2.24) is 20.0 Å². The van der Waals surface area contributed by atoms with Gasteiger partial charge in [-0.25, -0.2) is 0 Å². The highest BCUT2D eigenvalue weighted by Gasteiger charge is 2.40. The summed E-state index contributed by atoms with van der Waals surface area (Å²) >= 11 is 0. The smallest absolute Gasteiger partial charge is 0.193 e. The van der Waals surface area contributed by atoms with Crippen LogP contribution in [0.1, 0.15) is 19.3 Å². The van der Waals surface area contributed by atoms with Crippen molar-refractivity contribution in [1.29, 1.82) is 0 Å². The number of aliphatic imine (C=N–C) groups is 1. The maximum absolute atomic E-state index is 5.56. The summed E-state index contributed by atoms with van der Waals surface area (Å²) in [6.45, 7) is 9.31. The van der Waals surface area contributed by atoms with Gasteiger partial charge in [0.25, 0.3) is 0 Å². The Hall–Kier alpha value is -0.850. The molecule has 3 aliphatic heterocycles. The minimum atomic E-state index is 0.261. The number of piperidine rings is 1. The summed E-state index contributed by atoms with van der Waals surface area (Å²) in [4.78, 5) is 12.0. The van der Waals surface area contributed by atoms with Crippen LogP contribution < -0.4 is 5.32 Å². The highest BCUT2D eigenvalue weighted by atomic mass is 16.5. The highest BCUT2D eigenvalue weighted by Crippen LogP contribution is 2.29. The van der Waals surface area contributed by atoms with Gasteiger partial charge in [-0.05, 0) is 39.4 Å². The Morgan fingerprint density at radius 2 is 1.82 bits per heavy atom. The lowest BCUT2D eigenvalue weighted by Gasteiger charge is -2.50. The Morgan fingerprint density at radius 1 is 1.09 bits per heavy atom. The quantitative estimate of drug-likeness (QED) is 0.799. The summed E-state index contributed by atoms with van der Waals surface area (Å²) < 4.78 is 5.56. The van der Waals surface area contributed by atoms with E-state index in [-0.39, 0.29) is 5.54 Å². The molecule has 0 unspecified atom stereocenters. The molecule has 0 saturated carbocycles. The second kappa shape index (κ2) is 7.15. The fourth-order valence-corrected chi connectivity index (χ4v) is 3.83. The van der Waals surface area contributed by atoms with Gasteiger partial charge in [-0.3, -0.25) is 9.89 Å². The predicted octanol–water partition coefficient (Wildman–Crippen LogP) is 0.0641. The molecule has 6 nitrogen and oxygen atoms in total. The van der Waals surface area contributed by atoms with Crippen LogP contribution in [0.15, 0.2) is 4.99 Å². The molecule has 0 bridgehead atoms. The molecule has 0 aromatic rings.